The Kier molecular flexibility index (Phi) is 4.55. The zero-order valence-corrected chi connectivity index (χ0v) is 17.0. The molecule has 2 aliphatic heterocycles. The number of phenolic OH excluding ortho intramolecular Hbond substituents is 1. The van der Waals surface area contributed by atoms with Crippen molar-refractivity contribution in [3.63, 3.8) is 0 Å². The van der Waals surface area contributed by atoms with E-state index in [0.29, 0.717) is 24.3 Å². The predicted molar refractivity (Wildman–Crippen MR) is 113 cm³/mol. The molecule has 5 rings (SSSR count). The lowest BCUT2D eigenvalue weighted by Crippen LogP contribution is -2.48. The lowest BCUT2D eigenvalue weighted by atomic mass is 10.0. The number of fused-ring (bicyclic) bond motifs is 3. The molecular formula is C22H17ClF2N4O2. The van der Waals surface area contributed by atoms with Gasteiger partial charge in [0.1, 0.15) is 29.2 Å². The third-order valence-electron chi connectivity index (χ3n) is 6.01. The highest BCUT2D eigenvalue weighted by molar-refractivity contribution is 6.34. The number of carbonyl (C=O) groups is 1. The topological polar surface area (TPSA) is 69.6 Å². The normalized spacial score (nSPS) is 20.0. The van der Waals surface area contributed by atoms with Gasteiger partial charge in [0.2, 0.25) is 5.91 Å². The van der Waals surface area contributed by atoms with Crippen LogP contribution < -0.4 is 4.90 Å². The molecule has 6 nitrogen and oxygen atoms in total. The second kappa shape index (κ2) is 7.16. The number of rotatable bonds is 3. The van der Waals surface area contributed by atoms with Gasteiger partial charge in [-0.3, -0.25) is 4.79 Å². The first-order chi connectivity index (χ1) is 14.9. The predicted octanol–water partition coefficient (Wildman–Crippen LogP) is 3.91. The van der Waals surface area contributed by atoms with E-state index in [4.69, 9.17) is 11.6 Å². The highest BCUT2D eigenvalue weighted by Crippen LogP contribution is 2.43. The average molecular weight is 443 g/mol. The van der Waals surface area contributed by atoms with E-state index in [9.17, 15) is 14.3 Å². The van der Waals surface area contributed by atoms with Crippen LogP contribution >= 0.6 is 11.6 Å². The Balaban J connectivity index is 1.61. The van der Waals surface area contributed by atoms with E-state index in [2.05, 4.69) is 16.5 Å². The summed E-state index contributed by atoms with van der Waals surface area (Å²) in [4.78, 5) is 24.3. The fourth-order valence-electron chi connectivity index (χ4n) is 4.65. The van der Waals surface area contributed by atoms with Crippen molar-refractivity contribution in [2.24, 2.45) is 0 Å². The molecule has 31 heavy (non-hydrogen) atoms. The van der Waals surface area contributed by atoms with Crippen molar-refractivity contribution in [1.82, 2.24) is 14.9 Å². The minimum absolute atomic E-state index is 0.0196. The van der Waals surface area contributed by atoms with Crippen LogP contribution in [0.4, 0.5) is 14.6 Å². The molecule has 0 spiro atoms. The van der Waals surface area contributed by atoms with E-state index in [1.807, 2.05) is 4.90 Å². The van der Waals surface area contributed by atoms with E-state index >= 15 is 4.39 Å². The maximum Gasteiger partial charge on any atom is 0.246 e. The van der Waals surface area contributed by atoms with Crippen LogP contribution in [0.25, 0.3) is 22.0 Å². The molecular weight excluding hydrogens is 426 g/mol. The number of nitrogens with zero attached hydrogens (tertiary/aromatic N) is 4. The number of aromatic hydroxyl groups is 1. The number of piperazine rings is 1. The zero-order valence-electron chi connectivity index (χ0n) is 16.2. The highest BCUT2D eigenvalue weighted by Gasteiger charge is 2.45. The summed E-state index contributed by atoms with van der Waals surface area (Å²) < 4.78 is 29.9. The molecule has 0 saturated carbocycles. The summed E-state index contributed by atoms with van der Waals surface area (Å²) in [6.07, 6.45) is 3.33. The molecule has 2 unspecified atom stereocenters. The molecule has 3 heterocycles. The quantitative estimate of drug-likeness (QED) is 0.623. The first kappa shape index (κ1) is 19.7. The summed E-state index contributed by atoms with van der Waals surface area (Å²) in [5.74, 6) is -1.65. The average Bonchev–Trinajstić information content (AvgIpc) is 3.36. The number of aromatic nitrogens is 2. The highest BCUT2D eigenvalue weighted by atomic mass is 35.5. The van der Waals surface area contributed by atoms with Crippen molar-refractivity contribution in [2.45, 2.75) is 18.5 Å². The summed E-state index contributed by atoms with van der Waals surface area (Å²) in [6, 6.07) is 5.26. The standard InChI is InChI=1S/C22H17ClF2N4O2/c1-2-17(31)28-8-12-6-11(28)9-29(12)22-13-7-14(23)18(20(25)21(13)26-10-27-22)19-15(24)4-3-5-16(19)30/h2-5,7,10-12,30H,1,6,8-9H2. The smallest absolute Gasteiger partial charge is 0.246 e. The molecule has 0 radical (unpaired) electrons. The van der Waals surface area contributed by atoms with Crippen LogP contribution in [0, 0.1) is 11.6 Å². The Morgan fingerprint density at radius 2 is 2.03 bits per heavy atom. The van der Waals surface area contributed by atoms with Crippen LogP contribution in [0.2, 0.25) is 5.02 Å². The van der Waals surface area contributed by atoms with Crippen LogP contribution in [-0.2, 0) is 4.79 Å². The van der Waals surface area contributed by atoms with Gasteiger partial charge in [-0.25, -0.2) is 18.7 Å². The fourth-order valence-corrected chi connectivity index (χ4v) is 4.93. The van der Waals surface area contributed by atoms with Gasteiger partial charge in [-0.05, 0) is 30.7 Å². The number of anilines is 1. The summed E-state index contributed by atoms with van der Waals surface area (Å²) in [7, 11) is 0. The molecule has 1 N–H and O–H groups in total. The number of amides is 1. The van der Waals surface area contributed by atoms with Crippen LogP contribution in [0.5, 0.6) is 5.75 Å². The lowest BCUT2D eigenvalue weighted by Gasteiger charge is -2.34. The first-order valence-electron chi connectivity index (χ1n) is 9.71. The van der Waals surface area contributed by atoms with Gasteiger partial charge in [0.15, 0.2) is 5.82 Å². The van der Waals surface area contributed by atoms with Gasteiger partial charge in [-0.1, -0.05) is 24.2 Å². The van der Waals surface area contributed by atoms with Gasteiger partial charge in [0.25, 0.3) is 0 Å². The SMILES string of the molecule is C=CC(=O)N1CC2CC1CN2c1ncnc2c(F)c(-c3c(O)cccc3F)c(Cl)cc12. The lowest BCUT2D eigenvalue weighted by molar-refractivity contribution is -0.127. The molecule has 158 valence electrons. The molecule has 2 saturated heterocycles. The monoisotopic (exact) mass is 442 g/mol. The van der Waals surface area contributed by atoms with Gasteiger partial charge in [0, 0.05) is 24.0 Å². The van der Waals surface area contributed by atoms with E-state index < -0.39 is 17.4 Å². The molecule has 2 bridgehead atoms. The maximum absolute atomic E-state index is 15.5. The van der Waals surface area contributed by atoms with Gasteiger partial charge >= 0.3 is 0 Å². The number of carbonyl (C=O) groups excluding carboxylic acids is 1. The molecule has 2 atom stereocenters. The Labute approximate surface area is 181 Å². The van der Waals surface area contributed by atoms with Gasteiger partial charge in [-0.2, -0.15) is 0 Å². The van der Waals surface area contributed by atoms with E-state index in [1.54, 1.807) is 4.90 Å². The first-order valence-corrected chi connectivity index (χ1v) is 10.1. The van der Waals surface area contributed by atoms with Crippen molar-refractivity contribution >= 4 is 34.2 Å². The molecule has 1 aromatic heterocycles. The van der Waals surface area contributed by atoms with Gasteiger partial charge < -0.3 is 14.9 Å². The maximum atomic E-state index is 15.5. The number of benzene rings is 2. The molecule has 1 amide bonds. The van der Waals surface area contributed by atoms with E-state index in [-0.39, 0.29) is 39.7 Å². The Hall–Kier alpha value is -3.26. The van der Waals surface area contributed by atoms with Gasteiger partial charge in [0.05, 0.1) is 22.7 Å². The van der Waals surface area contributed by atoms with Crippen molar-refractivity contribution in [3.05, 3.63) is 59.9 Å². The summed E-state index contributed by atoms with van der Waals surface area (Å²) in [5, 5.41) is 10.4. The molecule has 0 aliphatic carbocycles. The summed E-state index contributed by atoms with van der Waals surface area (Å²) >= 11 is 6.37. The minimum Gasteiger partial charge on any atom is -0.507 e. The number of likely N-dealkylation sites (tertiary alicyclic amines) is 1. The number of halogens is 3. The second-order valence-electron chi connectivity index (χ2n) is 7.67. The molecule has 9 heteroatoms. The zero-order chi connectivity index (χ0) is 21.9. The fraction of sp³-hybridized carbons (Fsp3) is 0.227. The van der Waals surface area contributed by atoms with Crippen LogP contribution in [0.3, 0.4) is 0 Å². The van der Waals surface area contributed by atoms with Crippen molar-refractivity contribution in [3.8, 4) is 16.9 Å². The van der Waals surface area contributed by atoms with Crippen LogP contribution in [-0.4, -0.2) is 51.1 Å². The second-order valence-corrected chi connectivity index (χ2v) is 8.07. The minimum atomic E-state index is -0.834. The third-order valence-corrected chi connectivity index (χ3v) is 6.31. The van der Waals surface area contributed by atoms with Crippen LogP contribution in [0.15, 0.2) is 43.2 Å². The summed E-state index contributed by atoms with van der Waals surface area (Å²) in [5.41, 5.74) is -0.583. The Bertz CT molecular complexity index is 1230. The third kappa shape index (κ3) is 2.93. The van der Waals surface area contributed by atoms with Crippen LogP contribution in [0.1, 0.15) is 6.42 Å². The largest absolute Gasteiger partial charge is 0.507 e. The number of hydrogen-bond donors (Lipinski definition) is 1. The van der Waals surface area contributed by atoms with E-state index in [0.717, 1.165) is 12.5 Å². The van der Waals surface area contributed by atoms with E-state index in [1.165, 1.54) is 30.6 Å². The summed E-state index contributed by atoms with van der Waals surface area (Å²) in [6.45, 7) is 4.62. The number of hydrogen-bond acceptors (Lipinski definition) is 5. The van der Waals surface area contributed by atoms with Crippen molar-refractivity contribution < 1.29 is 18.7 Å². The molecule has 3 aromatic rings. The Morgan fingerprint density at radius 1 is 1.23 bits per heavy atom. The molecule has 2 aliphatic rings. The Morgan fingerprint density at radius 3 is 2.71 bits per heavy atom. The van der Waals surface area contributed by atoms with Gasteiger partial charge in [-0.15, -0.1) is 0 Å². The number of phenols is 1. The molecule has 2 aromatic carbocycles. The molecule has 2 fully saturated rings. The van der Waals surface area contributed by atoms with Crippen molar-refractivity contribution in [1.29, 1.82) is 0 Å². The van der Waals surface area contributed by atoms with Crippen molar-refractivity contribution in [2.75, 3.05) is 18.0 Å².